The molecule has 0 spiro atoms. The van der Waals surface area contributed by atoms with Crippen LogP contribution in [0.1, 0.15) is 19.8 Å². The molecule has 110 valence electrons. The third-order valence-electron chi connectivity index (χ3n) is 2.54. The van der Waals surface area contributed by atoms with E-state index in [0.717, 1.165) is 11.0 Å². The van der Waals surface area contributed by atoms with Crippen molar-refractivity contribution in [2.75, 3.05) is 6.54 Å². The van der Waals surface area contributed by atoms with Crippen molar-refractivity contribution in [2.24, 2.45) is 0 Å². The smallest absolute Gasteiger partial charge is 0.465 e. The van der Waals surface area contributed by atoms with Gasteiger partial charge >= 0.3 is 21.7 Å². The lowest BCUT2D eigenvalue weighted by Crippen LogP contribution is -2.42. The number of hydrogen-bond acceptors (Lipinski definition) is 4. The van der Waals surface area contributed by atoms with E-state index >= 15 is 0 Å². The molecule has 0 bridgehead atoms. The third kappa shape index (κ3) is 3.52. The zero-order valence-electron chi connectivity index (χ0n) is 9.85. The highest BCUT2D eigenvalue weighted by atomic mass is 32.2. The van der Waals surface area contributed by atoms with Gasteiger partial charge in [0.15, 0.2) is 0 Å². The summed E-state index contributed by atoms with van der Waals surface area (Å²) in [6.07, 6.45) is -0.0645. The Balaban J connectivity index is 2.91. The molecule has 0 aromatic rings. The van der Waals surface area contributed by atoms with E-state index in [1.54, 1.807) is 6.92 Å². The van der Waals surface area contributed by atoms with Crippen LogP contribution in [-0.4, -0.2) is 42.6 Å². The van der Waals surface area contributed by atoms with Crippen molar-refractivity contribution < 1.29 is 35.7 Å². The molecule has 10 heteroatoms. The van der Waals surface area contributed by atoms with Gasteiger partial charge in [0.2, 0.25) is 0 Å². The van der Waals surface area contributed by atoms with Crippen LogP contribution < -0.4 is 0 Å². The molecule has 19 heavy (non-hydrogen) atoms. The van der Waals surface area contributed by atoms with Crippen molar-refractivity contribution >= 4 is 16.2 Å². The number of alkyl halides is 3. The number of amides is 1. The first kappa shape index (κ1) is 15.6. The number of carbonyl (C=O) groups is 1. The van der Waals surface area contributed by atoms with Gasteiger partial charge in [0.05, 0.1) is 6.04 Å². The van der Waals surface area contributed by atoms with E-state index in [1.807, 2.05) is 0 Å². The highest BCUT2D eigenvalue weighted by molar-refractivity contribution is 7.87. The summed E-state index contributed by atoms with van der Waals surface area (Å²) in [6.45, 7) is 1.51. The number of hydrogen-bond donors (Lipinski definition) is 1. The molecule has 1 N–H and O–H groups in total. The molecular formula is C9H12F3NO5S. The van der Waals surface area contributed by atoms with Crippen molar-refractivity contribution in [3.05, 3.63) is 11.8 Å². The van der Waals surface area contributed by atoms with Crippen molar-refractivity contribution in [1.29, 1.82) is 0 Å². The van der Waals surface area contributed by atoms with Crippen LogP contribution in [0.3, 0.4) is 0 Å². The van der Waals surface area contributed by atoms with Crippen LogP contribution in [0.4, 0.5) is 18.0 Å². The zero-order valence-corrected chi connectivity index (χ0v) is 10.7. The van der Waals surface area contributed by atoms with Crippen molar-refractivity contribution in [1.82, 2.24) is 4.90 Å². The molecule has 6 nitrogen and oxygen atoms in total. The molecule has 1 atom stereocenters. The minimum absolute atomic E-state index is 0.118. The van der Waals surface area contributed by atoms with Crippen LogP contribution in [0.5, 0.6) is 0 Å². The first-order valence-corrected chi connectivity index (χ1v) is 6.70. The molecule has 1 aliphatic rings. The summed E-state index contributed by atoms with van der Waals surface area (Å²) in [7, 11) is -5.70. The fraction of sp³-hybridized carbons (Fsp3) is 0.667. The molecule has 1 amide bonds. The largest absolute Gasteiger partial charge is 0.534 e. The second kappa shape index (κ2) is 5.27. The summed E-state index contributed by atoms with van der Waals surface area (Å²) in [6, 6.07) is -0.704. The van der Waals surface area contributed by atoms with Crippen LogP contribution in [0, 0.1) is 0 Å². The van der Waals surface area contributed by atoms with Crippen molar-refractivity contribution in [3.63, 3.8) is 0 Å². The van der Waals surface area contributed by atoms with E-state index in [4.69, 9.17) is 5.11 Å². The number of carboxylic acid groups (broad SMARTS) is 1. The van der Waals surface area contributed by atoms with Crippen LogP contribution in [-0.2, 0) is 14.3 Å². The third-order valence-corrected chi connectivity index (χ3v) is 3.54. The number of rotatable bonds is 3. The highest BCUT2D eigenvalue weighted by Crippen LogP contribution is 2.29. The Kier molecular flexibility index (Phi) is 4.33. The second-order valence-corrected chi connectivity index (χ2v) is 5.36. The molecular weight excluding hydrogens is 291 g/mol. The van der Waals surface area contributed by atoms with Gasteiger partial charge < -0.3 is 14.2 Å². The lowest BCUT2D eigenvalue weighted by Gasteiger charge is -2.31. The monoisotopic (exact) mass is 303 g/mol. The lowest BCUT2D eigenvalue weighted by atomic mass is 10.1. The lowest BCUT2D eigenvalue weighted by molar-refractivity contribution is -0.0525. The van der Waals surface area contributed by atoms with Gasteiger partial charge in [0.1, 0.15) is 5.76 Å². The van der Waals surface area contributed by atoms with E-state index in [2.05, 4.69) is 4.18 Å². The Hall–Kier alpha value is -1.45. The van der Waals surface area contributed by atoms with Crippen LogP contribution in [0.25, 0.3) is 0 Å². The quantitative estimate of drug-likeness (QED) is 0.636. The zero-order chi connectivity index (χ0) is 14.8. The molecule has 1 aliphatic heterocycles. The average Bonchev–Trinajstić information content (AvgIpc) is 2.26. The van der Waals surface area contributed by atoms with E-state index in [1.165, 1.54) is 0 Å². The Morgan fingerprint density at radius 1 is 1.58 bits per heavy atom. The summed E-state index contributed by atoms with van der Waals surface area (Å²) >= 11 is 0. The van der Waals surface area contributed by atoms with Gasteiger partial charge in [-0.1, -0.05) is 6.92 Å². The van der Waals surface area contributed by atoms with E-state index < -0.39 is 27.8 Å². The average molecular weight is 303 g/mol. The van der Waals surface area contributed by atoms with Crippen LogP contribution in [0.2, 0.25) is 0 Å². The Morgan fingerprint density at radius 2 is 2.16 bits per heavy atom. The van der Waals surface area contributed by atoms with Gasteiger partial charge in [0.25, 0.3) is 0 Å². The molecule has 0 aromatic carbocycles. The summed E-state index contributed by atoms with van der Waals surface area (Å²) in [5, 5.41) is 8.85. The van der Waals surface area contributed by atoms with Gasteiger partial charge in [-0.25, -0.2) is 4.79 Å². The molecule has 0 radical (unpaired) electrons. The fourth-order valence-electron chi connectivity index (χ4n) is 1.62. The normalized spacial score (nSPS) is 20.9. The fourth-order valence-corrected chi connectivity index (χ4v) is 2.13. The van der Waals surface area contributed by atoms with Gasteiger partial charge in [0, 0.05) is 13.0 Å². The van der Waals surface area contributed by atoms with Crippen LogP contribution in [0.15, 0.2) is 11.8 Å². The summed E-state index contributed by atoms with van der Waals surface area (Å²) < 4.78 is 62.0. The first-order valence-electron chi connectivity index (χ1n) is 5.29. The Morgan fingerprint density at radius 3 is 2.58 bits per heavy atom. The molecule has 0 aliphatic carbocycles. The van der Waals surface area contributed by atoms with Gasteiger partial charge in [-0.3, -0.25) is 0 Å². The van der Waals surface area contributed by atoms with E-state index in [9.17, 15) is 26.4 Å². The summed E-state index contributed by atoms with van der Waals surface area (Å²) in [4.78, 5) is 11.8. The molecule has 0 saturated carbocycles. The molecule has 1 heterocycles. The maximum atomic E-state index is 12.1. The first-order chi connectivity index (χ1) is 8.58. The maximum Gasteiger partial charge on any atom is 0.534 e. The minimum atomic E-state index is -5.70. The molecule has 0 saturated heterocycles. The predicted octanol–water partition coefficient (Wildman–Crippen LogP) is 1.90. The van der Waals surface area contributed by atoms with Gasteiger partial charge in [-0.2, -0.15) is 21.6 Å². The molecule has 0 aromatic heterocycles. The van der Waals surface area contributed by atoms with E-state index in [-0.39, 0.29) is 18.7 Å². The van der Waals surface area contributed by atoms with Crippen molar-refractivity contribution in [3.8, 4) is 0 Å². The molecule has 1 rings (SSSR count). The maximum absolute atomic E-state index is 12.1. The minimum Gasteiger partial charge on any atom is -0.465 e. The summed E-state index contributed by atoms with van der Waals surface area (Å²) in [5.41, 5.74) is -5.50. The Bertz CT molecular complexity index is 485. The highest BCUT2D eigenvalue weighted by Gasteiger charge is 2.49. The van der Waals surface area contributed by atoms with Crippen molar-refractivity contribution in [2.45, 2.75) is 31.3 Å². The van der Waals surface area contributed by atoms with E-state index in [0.29, 0.717) is 6.42 Å². The van der Waals surface area contributed by atoms with Crippen LogP contribution >= 0.6 is 0 Å². The molecule has 0 fully saturated rings. The van der Waals surface area contributed by atoms with Gasteiger partial charge in [-0.05, 0) is 12.5 Å². The topological polar surface area (TPSA) is 83.9 Å². The Labute approximate surface area is 107 Å². The summed E-state index contributed by atoms with van der Waals surface area (Å²) in [5.74, 6) is -0.387. The second-order valence-electron chi connectivity index (χ2n) is 3.82. The SMILES string of the molecule is CCC1C=C(OS(=O)(=O)C(F)(F)F)CCN1C(=O)O. The molecule has 1 unspecified atom stereocenters. The number of nitrogens with zero attached hydrogens (tertiary/aromatic N) is 1. The standard InChI is InChI=1S/C9H12F3NO5S/c1-2-6-5-7(3-4-13(6)8(14)15)18-19(16,17)9(10,11)12/h5-6H,2-4H2,1H3,(H,14,15). The van der Waals surface area contributed by atoms with Gasteiger partial charge in [-0.15, -0.1) is 0 Å². The predicted molar refractivity (Wildman–Crippen MR) is 57.6 cm³/mol. The number of halogens is 3.